The number of hydrogen-bond acceptors (Lipinski definition) is 4. The maximum absolute atomic E-state index is 12.4. The van der Waals surface area contributed by atoms with Gasteiger partial charge in [0.25, 0.3) is 0 Å². The van der Waals surface area contributed by atoms with Gasteiger partial charge >= 0.3 is 0 Å². The van der Waals surface area contributed by atoms with E-state index in [1.54, 1.807) is 0 Å². The minimum absolute atomic E-state index is 0.258. The first-order valence-corrected chi connectivity index (χ1v) is 12.2. The van der Waals surface area contributed by atoms with Gasteiger partial charge in [0.2, 0.25) is 5.91 Å². The maximum atomic E-state index is 12.4. The monoisotopic (exact) mass is 422 g/mol. The highest BCUT2D eigenvalue weighted by Crippen LogP contribution is 2.30. The highest BCUT2D eigenvalue weighted by molar-refractivity contribution is 5.93. The maximum Gasteiger partial charge on any atom is 0.220 e. The fourth-order valence-corrected chi connectivity index (χ4v) is 5.30. The molecule has 4 rings (SSSR count). The van der Waals surface area contributed by atoms with Gasteiger partial charge in [-0.05, 0) is 44.1 Å². The van der Waals surface area contributed by atoms with Crippen molar-refractivity contribution in [1.29, 1.82) is 0 Å². The van der Waals surface area contributed by atoms with Crippen molar-refractivity contribution in [3.05, 3.63) is 30.3 Å². The van der Waals surface area contributed by atoms with Crippen molar-refractivity contribution in [2.45, 2.75) is 82.7 Å². The van der Waals surface area contributed by atoms with Gasteiger partial charge in [0.1, 0.15) is 5.82 Å². The van der Waals surface area contributed by atoms with Gasteiger partial charge in [0, 0.05) is 49.7 Å². The first-order chi connectivity index (χ1) is 15.1. The van der Waals surface area contributed by atoms with E-state index in [1.807, 2.05) is 6.07 Å². The third-order valence-electron chi connectivity index (χ3n) is 7.12. The number of carbonyl (C=O) groups is 1. The number of benzene rings is 1. The van der Waals surface area contributed by atoms with Crippen LogP contribution in [0.3, 0.4) is 0 Å². The largest absolute Gasteiger partial charge is 0.377 e. The van der Waals surface area contributed by atoms with E-state index in [1.165, 1.54) is 43.2 Å². The summed E-state index contributed by atoms with van der Waals surface area (Å²) in [6.07, 6.45) is 12.7. The zero-order valence-corrected chi connectivity index (χ0v) is 19.2. The highest BCUT2D eigenvalue weighted by Gasteiger charge is 2.23. The third-order valence-corrected chi connectivity index (χ3v) is 7.12. The van der Waals surface area contributed by atoms with Gasteiger partial charge in [-0.15, -0.1) is 0 Å². The predicted octanol–water partition coefficient (Wildman–Crippen LogP) is 5.50. The Morgan fingerprint density at radius 1 is 1.00 bits per heavy atom. The minimum atomic E-state index is 0.258. The van der Waals surface area contributed by atoms with Crippen molar-refractivity contribution in [3.63, 3.8) is 0 Å². The molecule has 2 aromatic rings. The van der Waals surface area contributed by atoms with E-state index >= 15 is 0 Å². The summed E-state index contributed by atoms with van der Waals surface area (Å²) >= 11 is 0. The molecule has 0 atom stereocenters. The van der Waals surface area contributed by atoms with E-state index in [0.29, 0.717) is 18.5 Å². The van der Waals surface area contributed by atoms with Crippen LogP contribution in [-0.4, -0.2) is 37.1 Å². The fraction of sp³-hybridized carbons (Fsp3) is 0.615. The molecule has 0 saturated heterocycles. The molecule has 0 unspecified atom stereocenters. The Kier molecular flexibility index (Phi) is 7.31. The minimum Gasteiger partial charge on any atom is -0.377 e. The Bertz CT molecular complexity index is 867. The van der Waals surface area contributed by atoms with Crippen LogP contribution in [0.1, 0.15) is 70.6 Å². The average molecular weight is 423 g/mol. The molecule has 0 spiro atoms. The van der Waals surface area contributed by atoms with E-state index < -0.39 is 0 Å². The summed E-state index contributed by atoms with van der Waals surface area (Å²) in [5, 5.41) is 8.14. The van der Waals surface area contributed by atoms with E-state index in [-0.39, 0.29) is 5.91 Å². The molecule has 2 aliphatic carbocycles. The molecule has 5 nitrogen and oxygen atoms in total. The van der Waals surface area contributed by atoms with Gasteiger partial charge in [-0.1, -0.05) is 50.3 Å². The van der Waals surface area contributed by atoms with Gasteiger partial charge in [0.15, 0.2) is 0 Å². The summed E-state index contributed by atoms with van der Waals surface area (Å²) < 4.78 is 0. The molecule has 1 heterocycles. The van der Waals surface area contributed by atoms with Crippen molar-refractivity contribution in [1.82, 2.24) is 10.3 Å². The lowest BCUT2D eigenvalue weighted by atomic mass is 9.86. The van der Waals surface area contributed by atoms with Crippen LogP contribution >= 0.6 is 0 Å². The van der Waals surface area contributed by atoms with E-state index in [0.717, 1.165) is 49.4 Å². The number of hydrogen-bond donors (Lipinski definition) is 2. The van der Waals surface area contributed by atoms with E-state index in [2.05, 4.69) is 53.9 Å². The molecule has 2 fully saturated rings. The summed E-state index contributed by atoms with van der Waals surface area (Å²) in [5.74, 6) is 1.98. The molecule has 1 aromatic carbocycles. The van der Waals surface area contributed by atoms with Crippen LogP contribution in [0.2, 0.25) is 0 Å². The van der Waals surface area contributed by atoms with Gasteiger partial charge < -0.3 is 15.5 Å². The smallest absolute Gasteiger partial charge is 0.220 e. The molecule has 1 aromatic heterocycles. The predicted molar refractivity (Wildman–Crippen MR) is 130 cm³/mol. The number of nitrogens with one attached hydrogen (secondary N) is 2. The lowest BCUT2D eigenvalue weighted by molar-refractivity contribution is -0.122. The van der Waals surface area contributed by atoms with Crippen molar-refractivity contribution in [2.75, 3.05) is 24.3 Å². The lowest BCUT2D eigenvalue weighted by Crippen LogP contribution is -2.40. The number of amides is 1. The Balaban J connectivity index is 1.26. The molecule has 5 heteroatoms. The van der Waals surface area contributed by atoms with Gasteiger partial charge in [-0.2, -0.15) is 0 Å². The van der Waals surface area contributed by atoms with Gasteiger partial charge in [-0.25, -0.2) is 4.98 Å². The third kappa shape index (κ3) is 5.90. The van der Waals surface area contributed by atoms with Crippen LogP contribution in [0, 0.1) is 5.92 Å². The molecular weight excluding hydrogens is 384 g/mol. The van der Waals surface area contributed by atoms with Crippen LogP contribution in [0.15, 0.2) is 30.3 Å². The summed E-state index contributed by atoms with van der Waals surface area (Å²) in [6, 6.07) is 11.2. The highest BCUT2D eigenvalue weighted by atomic mass is 16.1. The van der Waals surface area contributed by atoms with Crippen molar-refractivity contribution < 1.29 is 4.79 Å². The lowest BCUT2D eigenvalue weighted by Gasteiger charge is -2.30. The Labute approximate surface area is 187 Å². The van der Waals surface area contributed by atoms with Gasteiger partial charge in [-0.3, -0.25) is 4.79 Å². The quantitative estimate of drug-likeness (QED) is 0.618. The molecule has 0 bridgehead atoms. The Morgan fingerprint density at radius 2 is 1.71 bits per heavy atom. The molecule has 168 valence electrons. The van der Waals surface area contributed by atoms with Crippen molar-refractivity contribution in [2.24, 2.45) is 5.92 Å². The van der Waals surface area contributed by atoms with E-state index in [9.17, 15) is 4.79 Å². The standard InChI is InChI=1S/C26H38N4O/c1-30(2)24-18-25(29-23-11-7-6-10-22(23)24)27-20-13-15-21(16-14-20)28-26(31)17-12-19-8-4-3-5-9-19/h6-7,10-11,18-21H,3-5,8-9,12-17H2,1-2H3,(H,27,29)(H,28,31). The second-order valence-electron chi connectivity index (χ2n) is 9.74. The first-order valence-electron chi connectivity index (χ1n) is 12.2. The van der Waals surface area contributed by atoms with E-state index in [4.69, 9.17) is 4.98 Å². The van der Waals surface area contributed by atoms with Crippen molar-refractivity contribution in [3.8, 4) is 0 Å². The number of pyridine rings is 1. The van der Waals surface area contributed by atoms with Crippen LogP contribution in [0.4, 0.5) is 11.5 Å². The first kappa shape index (κ1) is 21.9. The number of aromatic nitrogens is 1. The molecule has 0 radical (unpaired) electrons. The molecule has 2 saturated carbocycles. The van der Waals surface area contributed by atoms with Gasteiger partial charge in [0.05, 0.1) is 5.52 Å². The summed E-state index contributed by atoms with van der Waals surface area (Å²) in [4.78, 5) is 19.4. The van der Waals surface area contributed by atoms with Crippen molar-refractivity contribution >= 4 is 28.3 Å². The molecule has 31 heavy (non-hydrogen) atoms. The number of carbonyl (C=O) groups excluding carboxylic acids is 1. The Morgan fingerprint density at radius 3 is 2.45 bits per heavy atom. The summed E-state index contributed by atoms with van der Waals surface area (Å²) in [6.45, 7) is 0. The number of anilines is 2. The number of para-hydroxylation sites is 1. The number of rotatable bonds is 7. The van der Waals surface area contributed by atoms with Crippen LogP contribution in [0.25, 0.3) is 10.9 Å². The second-order valence-corrected chi connectivity index (χ2v) is 9.74. The normalized spacial score (nSPS) is 22.3. The average Bonchev–Trinajstić information content (AvgIpc) is 2.79. The van der Waals surface area contributed by atoms with Crippen LogP contribution in [0.5, 0.6) is 0 Å². The zero-order valence-electron chi connectivity index (χ0n) is 19.2. The molecule has 2 aliphatic rings. The topological polar surface area (TPSA) is 57.3 Å². The zero-order chi connectivity index (χ0) is 21.6. The molecule has 2 N–H and O–H groups in total. The second kappa shape index (κ2) is 10.3. The molecule has 1 amide bonds. The molecule has 0 aliphatic heterocycles. The SMILES string of the molecule is CN(C)c1cc(NC2CCC(NC(=O)CCC3CCCCC3)CC2)nc2ccccc12. The summed E-state index contributed by atoms with van der Waals surface area (Å²) in [7, 11) is 4.15. The number of fused-ring (bicyclic) bond motifs is 1. The fourth-order valence-electron chi connectivity index (χ4n) is 5.30. The number of nitrogens with zero attached hydrogens (tertiary/aromatic N) is 2. The summed E-state index contributed by atoms with van der Waals surface area (Å²) in [5.41, 5.74) is 2.21. The van der Waals surface area contributed by atoms with Crippen LogP contribution < -0.4 is 15.5 Å². The molecular formula is C26H38N4O. The van der Waals surface area contributed by atoms with Crippen LogP contribution in [-0.2, 0) is 4.79 Å². The Hall–Kier alpha value is -2.30.